The minimum atomic E-state index is -0.0474. The Labute approximate surface area is 103 Å². The Morgan fingerprint density at radius 2 is 1.47 bits per heavy atom. The Balaban J connectivity index is 1.55. The Hall–Kier alpha value is -0.860. The number of hydrogen-bond acceptors (Lipinski definition) is 2. The van der Waals surface area contributed by atoms with Crippen LogP contribution >= 0.6 is 0 Å². The molecule has 2 heteroatoms. The van der Waals surface area contributed by atoms with Gasteiger partial charge in [-0.15, -0.1) is 0 Å². The second-order valence-corrected chi connectivity index (χ2v) is 5.55. The first-order valence-corrected chi connectivity index (χ1v) is 6.82. The minimum Gasteiger partial charge on any atom is -0.393 e. The third-order valence-corrected chi connectivity index (χ3v) is 4.22. The van der Waals surface area contributed by atoms with Crippen molar-refractivity contribution in [3.05, 3.63) is 35.4 Å². The zero-order valence-electron chi connectivity index (χ0n) is 10.2. The number of aliphatic hydroxyl groups is 1. The smallest absolute Gasteiger partial charge is 0.0541 e. The van der Waals surface area contributed by atoms with E-state index in [4.69, 9.17) is 0 Å². The van der Waals surface area contributed by atoms with E-state index in [0.717, 1.165) is 25.7 Å². The lowest BCUT2D eigenvalue weighted by molar-refractivity contribution is 0.114. The molecule has 2 aliphatic carbocycles. The fourth-order valence-corrected chi connectivity index (χ4v) is 3.25. The quantitative estimate of drug-likeness (QED) is 0.816. The molecule has 17 heavy (non-hydrogen) atoms. The summed E-state index contributed by atoms with van der Waals surface area (Å²) < 4.78 is 0. The van der Waals surface area contributed by atoms with Crippen molar-refractivity contribution < 1.29 is 5.11 Å². The molecule has 1 saturated carbocycles. The maximum absolute atomic E-state index is 9.50. The number of fused-ring (bicyclic) bond motifs is 1. The monoisotopic (exact) mass is 231 g/mol. The SMILES string of the molecule is OC1CCC(NC2Cc3ccccc3C2)CC1. The molecule has 0 bridgehead atoms. The summed E-state index contributed by atoms with van der Waals surface area (Å²) in [7, 11) is 0. The van der Waals surface area contributed by atoms with Gasteiger partial charge in [-0.1, -0.05) is 24.3 Å². The van der Waals surface area contributed by atoms with Gasteiger partial charge in [0.15, 0.2) is 0 Å². The van der Waals surface area contributed by atoms with Gasteiger partial charge in [0.05, 0.1) is 6.10 Å². The molecule has 1 aromatic carbocycles. The van der Waals surface area contributed by atoms with Gasteiger partial charge >= 0.3 is 0 Å². The average molecular weight is 231 g/mol. The molecule has 0 aromatic heterocycles. The molecule has 1 fully saturated rings. The zero-order chi connectivity index (χ0) is 11.7. The van der Waals surface area contributed by atoms with E-state index in [1.54, 1.807) is 0 Å². The van der Waals surface area contributed by atoms with Crippen molar-refractivity contribution in [2.24, 2.45) is 0 Å². The maximum atomic E-state index is 9.50. The number of aliphatic hydroxyl groups excluding tert-OH is 1. The highest BCUT2D eigenvalue weighted by atomic mass is 16.3. The molecule has 0 aliphatic heterocycles. The van der Waals surface area contributed by atoms with Crippen molar-refractivity contribution in [3.8, 4) is 0 Å². The highest BCUT2D eigenvalue weighted by Crippen LogP contribution is 2.24. The normalized spacial score (nSPS) is 29.2. The van der Waals surface area contributed by atoms with Crippen molar-refractivity contribution in [1.29, 1.82) is 0 Å². The maximum Gasteiger partial charge on any atom is 0.0541 e. The molecular weight excluding hydrogens is 210 g/mol. The summed E-state index contributed by atoms with van der Waals surface area (Å²) in [5, 5.41) is 13.3. The molecule has 0 saturated heterocycles. The van der Waals surface area contributed by atoms with Crippen molar-refractivity contribution in [2.45, 2.75) is 56.7 Å². The van der Waals surface area contributed by atoms with Gasteiger partial charge in [0.25, 0.3) is 0 Å². The van der Waals surface area contributed by atoms with E-state index in [-0.39, 0.29) is 6.10 Å². The van der Waals surface area contributed by atoms with E-state index >= 15 is 0 Å². The van der Waals surface area contributed by atoms with Gasteiger partial charge in [-0.05, 0) is 49.7 Å². The Morgan fingerprint density at radius 3 is 2.06 bits per heavy atom. The van der Waals surface area contributed by atoms with Crippen LogP contribution in [0.25, 0.3) is 0 Å². The molecule has 2 N–H and O–H groups in total. The molecule has 0 heterocycles. The van der Waals surface area contributed by atoms with Crippen molar-refractivity contribution in [2.75, 3.05) is 0 Å². The number of hydrogen-bond donors (Lipinski definition) is 2. The Kier molecular flexibility index (Phi) is 3.17. The van der Waals surface area contributed by atoms with Gasteiger partial charge in [0.2, 0.25) is 0 Å². The predicted molar refractivity (Wildman–Crippen MR) is 69.0 cm³/mol. The van der Waals surface area contributed by atoms with E-state index in [2.05, 4.69) is 29.6 Å². The fraction of sp³-hybridized carbons (Fsp3) is 0.600. The molecule has 0 radical (unpaired) electrons. The molecule has 0 atom stereocenters. The molecular formula is C15H21NO. The first kappa shape index (κ1) is 11.2. The third-order valence-electron chi connectivity index (χ3n) is 4.22. The van der Waals surface area contributed by atoms with Crippen LogP contribution in [0.3, 0.4) is 0 Å². The second-order valence-electron chi connectivity index (χ2n) is 5.55. The van der Waals surface area contributed by atoms with Crippen molar-refractivity contribution in [3.63, 3.8) is 0 Å². The van der Waals surface area contributed by atoms with Crippen LogP contribution in [0.15, 0.2) is 24.3 Å². The molecule has 92 valence electrons. The lowest BCUT2D eigenvalue weighted by Gasteiger charge is -2.28. The van der Waals surface area contributed by atoms with E-state index in [1.807, 2.05) is 0 Å². The zero-order valence-corrected chi connectivity index (χ0v) is 10.2. The number of nitrogens with one attached hydrogen (secondary N) is 1. The van der Waals surface area contributed by atoms with Crippen molar-refractivity contribution >= 4 is 0 Å². The van der Waals surface area contributed by atoms with Crippen LogP contribution in [-0.2, 0) is 12.8 Å². The number of benzene rings is 1. The van der Waals surface area contributed by atoms with Crippen LogP contribution in [0.4, 0.5) is 0 Å². The Bertz CT molecular complexity index is 357. The molecule has 2 aliphatic rings. The van der Waals surface area contributed by atoms with Crippen molar-refractivity contribution in [1.82, 2.24) is 5.32 Å². The second kappa shape index (κ2) is 4.79. The van der Waals surface area contributed by atoms with Gasteiger partial charge < -0.3 is 10.4 Å². The Morgan fingerprint density at radius 1 is 0.882 bits per heavy atom. The highest BCUT2D eigenvalue weighted by Gasteiger charge is 2.25. The topological polar surface area (TPSA) is 32.3 Å². The van der Waals surface area contributed by atoms with Crippen LogP contribution in [0, 0.1) is 0 Å². The van der Waals surface area contributed by atoms with Gasteiger partial charge in [0.1, 0.15) is 0 Å². The summed E-state index contributed by atoms with van der Waals surface area (Å²) >= 11 is 0. The molecule has 2 nitrogen and oxygen atoms in total. The van der Waals surface area contributed by atoms with Crippen LogP contribution in [-0.4, -0.2) is 23.3 Å². The highest BCUT2D eigenvalue weighted by molar-refractivity contribution is 5.33. The molecule has 0 amide bonds. The molecule has 0 unspecified atom stereocenters. The van der Waals surface area contributed by atoms with Gasteiger partial charge in [-0.25, -0.2) is 0 Å². The van der Waals surface area contributed by atoms with E-state index < -0.39 is 0 Å². The molecule has 0 spiro atoms. The lowest BCUT2D eigenvalue weighted by atomic mass is 9.92. The summed E-state index contributed by atoms with van der Waals surface area (Å²) in [4.78, 5) is 0. The van der Waals surface area contributed by atoms with Gasteiger partial charge in [-0.3, -0.25) is 0 Å². The molecule has 1 aromatic rings. The first-order valence-electron chi connectivity index (χ1n) is 6.82. The lowest BCUT2D eigenvalue weighted by Crippen LogP contribution is -2.41. The predicted octanol–water partition coefficient (Wildman–Crippen LogP) is 2.05. The fourth-order valence-electron chi connectivity index (χ4n) is 3.25. The number of rotatable bonds is 2. The van der Waals surface area contributed by atoms with Crippen LogP contribution in [0.5, 0.6) is 0 Å². The summed E-state index contributed by atoms with van der Waals surface area (Å²) in [5.74, 6) is 0. The summed E-state index contributed by atoms with van der Waals surface area (Å²) in [6.45, 7) is 0. The van der Waals surface area contributed by atoms with Gasteiger partial charge in [0, 0.05) is 12.1 Å². The van der Waals surface area contributed by atoms with E-state index in [1.165, 1.54) is 24.0 Å². The third kappa shape index (κ3) is 2.53. The van der Waals surface area contributed by atoms with E-state index in [9.17, 15) is 5.11 Å². The van der Waals surface area contributed by atoms with Crippen LogP contribution in [0.1, 0.15) is 36.8 Å². The summed E-state index contributed by atoms with van der Waals surface area (Å²) in [6.07, 6.45) is 6.51. The molecule has 3 rings (SSSR count). The summed E-state index contributed by atoms with van der Waals surface area (Å²) in [5.41, 5.74) is 3.03. The summed E-state index contributed by atoms with van der Waals surface area (Å²) in [6, 6.07) is 10.0. The van der Waals surface area contributed by atoms with Gasteiger partial charge in [-0.2, -0.15) is 0 Å². The average Bonchev–Trinajstić information content (AvgIpc) is 2.74. The van der Waals surface area contributed by atoms with Crippen LogP contribution < -0.4 is 5.32 Å². The largest absolute Gasteiger partial charge is 0.393 e. The van der Waals surface area contributed by atoms with Crippen LogP contribution in [0.2, 0.25) is 0 Å². The minimum absolute atomic E-state index is 0.0474. The first-order chi connectivity index (χ1) is 8.31. The standard InChI is InChI=1S/C15H21NO/c17-15-7-5-13(6-8-15)16-14-9-11-3-1-2-4-12(11)10-14/h1-4,13-17H,5-10H2. The van der Waals surface area contributed by atoms with E-state index in [0.29, 0.717) is 12.1 Å².